The zero-order valence-corrected chi connectivity index (χ0v) is 13.1. The molecular formula is C14H28N4O2. The molecule has 1 aliphatic carbocycles. The summed E-state index contributed by atoms with van der Waals surface area (Å²) in [5.41, 5.74) is 5.01. The predicted octanol–water partition coefficient (Wildman–Crippen LogP) is 0.949. The number of nitrogens with zero attached hydrogens (tertiary/aromatic N) is 3. The molecule has 0 spiro atoms. The highest BCUT2D eigenvalue weighted by Crippen LogP contribution is 2.47. The molecule has 1 aliphatic rings. The quantitative estimate of drug-likeness (QED) is 0.315. The number of rotatable bonds is 7. The molecule has 6 heteroatoms. The van der Waals surface area contributed by atoms with E-state index in [1.807, 2.05) is 25.9 Å². The van der Waals surface area contributed by atoms with Crippen LogP contribution in [-0.4, -0.2) is 60.5 Å². The topological polar surface area (TPSA) is 82.2 Å². The maximum atomic E-state index is 12.7. The third kappa shape index (κ3) is 3.42. The van der Waals surface area contributed by atoms with Gasteiger partial charge >= 0.3 is 0 Å². The summed E-state index contributed by atoms with van der Waals surface area (Å²) in [6.45, 7) is 6.36. The van der Waals surface area contributed by atoms with Crippen molar-refractivity contribution >= 4 is 11.7 Å². The van der Waals surface area contributed by atoms with Gasteiger partial charge in [-0.3, -0.25) is 4.79 Å². The number of amidine groups is 1. The minimum atomic E-state index is -0.776. The summed E-state index contributed by atoms with van der Waals surface area (Å²) in [5.74, 6) is 0.513. The van der Waals surface area contributed by atoms with E-state index in [0.29, 0.717) is 31.8 Å². The highest BCUT2D eigenvalue weighted by Gasteiger charge is 2.53. The monoisotopic (exact) mass is 284 g/mol. The molecule has 0 aromatic carbocycles. The SMILES string of the molecule is CCN(CCCN(C)C)C(=O)C1(C(N)=NO)CC(C)C1. The fourth-order valence-corrected chi connectivity index (χ4v) is 3.00. The second-order valence-electron chi connectivity index (χ2n) is 6.12. The summed E-state index contributed by atoms with van der Waals surface area (Å²) in [5, 5.41) is 12.1. The molecule has 6 nitrogen and oxygen atoms in total. The van der Waals surface area contributed by atoms with E-state index in [9.17, 15) is 4.79 Å². The summed E-state index contributed by atoms with van der Waals surface area (Å²) < 4.78 is 0. The minimum Gasteiger partial charge on any atom is -0.409 e. The van der Waals surface area contributed by atoms with Crippen molar-refractivity contribution in [1.82, 2.24) is 9.80 Å². The zero-order chi connectivity index (χ0) is 15.3. The lowest BCUT2D eigenvalue weighted by Crippen LogP contribution is -2.57. The summed E-state index contributed by atoms with van der Waals surface area (Å²) >= 11 is 0. The summed E-state index contributed by atoms with van der Waals surface area (Å²) in [7, 11) is 4.03. The Bertz CT molecular complexity index is 362. The lowest BCUT2D eigenvalue weighted by Gasteiger charge is -2.46. The van der Waals surface area contributed by atoms with Gasteiger partial charge in [-0.15, -0.1) is 0 Å². The molecule has 0 aromatic rings. The Morgan fingerprint density at radius 3 is 2.40 bits per heavy atom. The molecule has 0 aliphatic heterocycles. The van der Waals surface area contributed by atoms with E-state index in [0.717, 1.165) is 13.0 Å². The van der Waals surface area contributed by atoms with Gasteiger partial charge in [-0.05, 0) is 52.7 Å². The Labute approximate surface area is 121 Å². The fraction of sp³-hybridized carbons (Fsp3) is 0.857. The van der Waals surface area contributed by atoms with Gasteiger partial charge in [-0.1, -0.05) is 12.1 Å². The molecule has 3 N–H and O–H groups in total. The molecule has 1 amide bonds. The van der Waals surface area contributed by atoms with Crippen molar-refractivity contribution in [3.63, 3.8) is 0 Å². The van der Waals surface area contributed by atoms with Crippen molar-refractivity contribution in [3.05, 3.63) is 0 Å². The standard InChI is InChI=1S/C14H28N4O2/c1-5-18(8-6-7-17(3)4)13(19)14(12(15)16-20)9-11(2)10-14/h11,20H,5-10H2,1-4H3,(H2,15,16). The third-order valence-electron chi connectivity index (χ3n) is 4.10. The average molecular weight is 284 g/mol. The molecule has 0 unspecified atom stereocenters. The van der Waals surface area contributed by atoms with Crippen molar-refractivity contribution in [1.29, 1.82) is 0 Å². The van der Waals surface area contributed by atoms with Crippen LogP contribution >= 0.6 is 0 Å². The molecule has 0 radical (unpaired) electrons. The van der Waals surface area contributed by atoms with E-state index in [4.69, 9.17) is 10.9 Å². The van der Waals surface area contributed by atoms with Gasteiger partial charge in [0, 0.05) is 13.1 Å². The number of hydrogen-bond donors (Lipinski definition) is 2. The predicted molar refractivity (Wildman–Crippen MR) is 79.7 cm³/mol. The van der Waals surface area contributed by atoms with Gasteiger partial charge in [0.25, 0.3) is 0 Å². The molecule has 0 saturated heterocycles. The Kier molecular flexibility index (Phi) is 5.80. The van der Waals surface area contributed by atoms with E-state index >= 15 is 0 Å². The Hall–Kier alpha value is -1.30. The summed E-state index contributed by atoms with van der Waals surface area (Å²) in [4.78, 5) is 16.7. The Balaban J connectivity index is 2.73. The normalized spacial score (nSPS) is 26.4. The second kappa shape index (κ2) is 6.92. The zero-order valence-electron chi connectivity index (χ0n) is 13.1. The molecule has 0 aromatic heterocycles. The molecule has 0 heterocycles. The lowest BCUT2D eigenvalue weighted by molar-refractivity contribution is -0.144. The molecule has 1 rings (SSSR count). The Morgan fingerprint density at radius 2 is 2.00 bits per heavy atom. The third-order valence-corrected chi connectivity index (χ3v) is 4.10. The maximum absolute atomic E-state index is 12.7. The lowest BCUT2D eigenvalue weighted by atomic mass is 9.61. The van der Waals surface area contributed by atoms with Crippen LogP contribution in [0.5, 0.6) is 0 Å². The van der Waals surface area contributed by atoms with Gasteiger partial charge in [0.2, 0.25) is 5.91 Å². The van der Waals surface area contributed by atoms with Crippen LogP contribution in [-0.2, 0) is 4.79 Å². The number of amides is 1. The van der Waals surface area contributed by atoms with Crippen LogP contribution in [0.15, 0.2) is 5.16 Å². The maximum Gasteiger partial charge on any atom is 0.236 e. The van der Waals surface area contributed by atoms with Gasteiger partial charge < -0.3 is 20.7 Å². The van der Waals surface area contributed by atoms with Crippen LogP contribution in [0.2, 0.25) is 0 Å². The number of carbonyl (C=O) groups excluding carboxylic acids is 1. The van der Waals surface area contributed by atoms with Gasteiger partial charge in [-0.2, -0.15) is 0 Å². The Morgan fingerprint density at radius 1 is 1.40 bits per heavy atom. The number of oxime groups is 1. The van der Waals surface area contributed by atoms with Crippen molar-refractivity contribution in [2.45, 2.75) is 33.1 Å². The van der Waals surface area contributed by atoms with Crippen LogP contribution in [0.4, 0.5) is 0 Å². The van der Waals surface area contributed by atoms with Crippen LogP contribution in [0.1, 0.15) is 33.1 Å². The van der Waals surface area contributed by atoms with E-state index in [1.54, 1.807) is 0 Å². The largest absolute Gasteiger partial charge is 0.409 e. The molecule has 0 atom stereocenters. The molecule has 0 bridgehead atoms. The van der Waals surface area contributed by atoms with E-state index in [1.165, 1.54) is 0 Å². The first-order valence-electron chi connectivity index (χ1n) is 7.29. The summed E-state index contributed by atoms with van der Waals surface area (Å²) in [6, 6.07) is 0. The number of nitrogens with two attached hydrogens (primary N) is 1. The smallest absolute Gasteiger partial charge is 0.236 e. The summed E-state index contributed by atoms with van der Waals surface area (Å²) in [6.07, 6.45) is 2.27. The number of carbonyl (C=O) groups is 1. The van der Waals surface area contributed by atoms with E-state index in [2.05, 4.69) is 17.0 Å². The number of hydrogen-bond acceptors (Lipinski definition) is 4. The first kappa shape index (κ1) is 16.8. The second-order valence-corrected chi connectivity index (χ2v) is 6.12. The van der Waals surface area contributed by atoms with E-state index in [-0.39, 0.29) is 11.7 Å². The average Bonchev–Trinajstić information content (AvgIpc) is 2.37. The first-order valence-corrected chi connectivity index (χ1v) is 7.29. The highest BCUT2D eigenvalue weighted by atomic mass is 16.4. The van der Waals surface area contributed by atoms with Crippen LogP contribution in [0.25, 0.3) is 0 Å². The van der Waals surface area contributed by atoms with Crippen molar-refractivity contribution < 1.29 is 10.0 Å². The first-order chi connectivity index (χ1) is 9.37. The molecule has 116 valence electrons. The minimum absolute atomic E-state index is 0.00663. The van der Waals surface area contributed by atoms with Crippen molar-refractivity contribution in [2.24, 2.45) is 22.2 Å². The van der Waals surface area contributed by atoms with Gasteiger partial charge in [0.1, 0.15) is 5.41 Å². The van der Waals surface area contributed by atoms with Gasteiger partial charge in [0.05, 0.1) is 0 Å². The van der Waals surface area contributed by atoms with Crippen LogP contribution < -0.4 is 5.73 Å². The molecule has 1 saturated carbocycles. The van der Waals surface area contributed by atoms with Gasteiger partial charge in [-0.25, -0.2) is 0 Å². The molecular weight excluding hydrogens is 256 g/mol. The van der Waals surface area contributed by atoms with Gasteiger partial charge in [0.15, 0.2) is 5.84 Å². The van der Waals surface area contributed by atoms with Crippen molar-refractivity contribution in [3.8, 4) is 0 Å². The molecule has 20 heavy (non-hydrogen) atoms. The van der Waals surface area contributed by atoms with E-state index < -0.39 is 5.41 Å². The van der Waals surface area contributed by atoms with Crippen LogP contribution in [0, 0.1) is 11.3 Å². The van der Waals surface area contributed by atoms with Crippen LogP contribution in [0.3, 0.4) is 0 Å². The fourth-order valence-electron chi connectivity index (χ4n) is 3.00. The highest BCUT2D eigenvalue weighted by molar-refractivity contribution is 6.07. The van der Waals surface area contributed by atoms with Crippen molar-refractivity contribution in [2.75, 3.05) is 33.7 Å². The molecule has 1 fully saturated rings.